The van der Waals surface area contributed by atoms with Gasteiger partial charge in [0.2, 0.25) is 5.91 Å². The van der Waals surface area contributed by atoms with Crippen LogP contribution in [-0.2, 0) is 16.1 Å². The van der Waals surface area contributed by atoms with Gasteiger partial charge in [-0.05, 0) is 68.3 Å². The van der Waals surface area contributed by atoms with Crippen molar-refractivity contribution >= 4 is 12.0 Å². The Morgan fingerprint density at radius 3 is 2.66 bits per heavy atom. The van der Waals surface area contributed by atoms with Crippen molar-refractivity contribution in [1.82, 2.24) is 10.2 Å². The van der Waals surface area contributed by atoms with Gasteiger partial charge in [-0.1, -0.05) is 24.3 Å². The fourth-order valence-electron chi connectivity index (χ4n) is 3.62. The molecule has 3 rings (SSSR count). The minimum atomic E-state index is -0.136. The third-order valence-corrected chi connectivity index (χ3v) is 5.51. The van der Waals surface area contributed by atoms with Gasteiger partial charge < -0.3 is 19.5 Å². The number of rotatable bonds is 11. The van der Waals surface area contributed by atoms with Crippen molar-refractivity contribution in [2.24, 2.45) is 0 Å². The van der Waals surface area contributed by atoms with Gasteiger partial charge in [0.25, 0.3) is 0 Å². The standard InChI is InChI=1S/C26H34N2O4/c1-3-31-24-10-7-21(8-11-24)9-12-26(29)27-20-22-5-4-6-25(19-22)32-18-15-28(2)23-13-16-30-17-14-23/h4-12,19,23H,3,13-18,20H2,1-2H3,(H,27,29)/b12-9+. The van der Waals surface area contributed by atoms with E-state index < -0.39 is 0 Å². The van der Waals surface area contributed by atoms with E-state index in [-0.39, 0.29) is 5.91 Å². The largest absolute Gasteiger partial charge is 0.494 e. The van der Waals surface area contributed by atoms with Crippen molar-refractivity contribution in [3.63, 3.8) is 0 Å². The predicted octanol–water partition coefficient (Wildman–Crippen LogP) is 3.90. The molecule has 172 valence electrons. The van der Waals surface area contributed by atoms with Crippen LogP contribution in [0.4, 0.5) is 0 Å². The van der Waals surface area contributed by atoms with E-state index in [0.29, 0.717) is 25.8 Å². The van der Waals surface area contributed by atoms with Gasteiger partial charge in [0.1, 0.15) is 18.1 Å². The zero-order valence-electron chi connectivity index (χ0n) is 19.1. The van der Waals surface area contributed by atoms with E-state index >= 15 is 0 Å². The van der Waals surface area contributed by atoms with Crippen LogP contribution in [0.3, 0.4) is 0 Å². The van der Waals surface area contributed by atoms with Crippen LogP contribution >= 0.6 is 0 Å². The molecule has 6 heteroatoms. The van der Waals surface area contributed by atoms with Gasteiger partial charge in [-0.15, -0.1) is 0 Å². The maximum Gasteiger partial charge on any atom is 0.244 e. The molecular weight excluding hydrogens is 404 g/mol. The Morgan fingerprint density at radius 1 is 1.12 bits per heavy atom. The maximum absolute atomic E-state index is 12.2. The molecule has 1 N–H and O–H groups in total. The highest BCUT2D eigenvalue weighted by molar-refractivity contribution is 5.91. The van der Waals surface area contributed by atoms with Crippen LogP contribution in [0.2, 0.25) is 0 Å². The number of amides is 1. The molecule has 2 aromatic rings. The van der Waals surface area contributed by atoms with Crippen LogP contribution in [0.15, 0.2) is 54.6 Å². The number of carbonyl (C=O) groups is 1. The molecule has 0 unspecified atom stereocenters. The number of benzene rings is 2. The predicted molar refractivity (Wildman–Crippen MR) is 127 cm³/mol. The Bertz CT molecular complexity index is 860. The van der Waals surface area contributed by atoms with E-state index in [1.807, 2.05) is 55.5 Å². The molecule has 1 aliphatic heterocycles. The van der Waals surface area contributed by atoms with Crippen LogP contribution in [0.5, 0.6) is 11.5 Å². The molecule has 0 atom stereocenters. The molecule has 1 aliphatic rings. The summed E-state index contributed by atoms with van der Waals surface area (Å²) in [7, 11) is 2.14. The molecule has 1 heterocycles. The Kier molecular flexibility index (Phi) is 9.60. The molecule has 0 radical (unpaired) electrons. The molecule has 0 aromatic heterocycles. The molecule has 0 bridgehead atoms. The Morgan fingerprint density at radius 2 is 1.91 bits per heavy atom. The Balaban J connectivity index is 1.40. The van der Waals surface area contributed by atoms with Gasteiger partial charge in [0, 0.05) is 38.4 Å². The summed E-state index contributed by atoms with van der Waals surface area (Å²) in [5.41, 5.74) is 1.95. The summed E-state index contributed by atoms with van der Waals surface area (Å²) < 4.78 is 16.8. The van der Waals surface area contributed by atoms with Crippen LogP contribution < -0.4 is 14.8 Å². The minimum absolute atomic E-state index is 0.136. The summed E-state index contributed by atoms with van der Waals surface area (Å²) in [6.45, 7) is 6.24. The smallest absolute Gasteiger partial charge is 0.244 e. The second-order valence-corrected chi connectivity index (χ2v) is 7.87. The highest BCUT2D eigenvalue weighted by Gasteiger charge is 2.17. The van der Waals surface area contributed by atoms with Gasteiger partial charge in [0.05, 0.1) is 6.61 Å². The second-order valence-electron chi connectivity index (χ2n) is 7.87. The van der Waals surface area contributed by atoms with E-state index in [0.717, 1.165) is 55.2 Å². The first-order valence-electron chi connectivity index (χ1n) is 11.3. The molecule has 6 nitrogen and oxygen atoms in total. The van der Waals surface area contributed by atoms with Gasteiger partial charge in [-0.3, -0.25) is 9.69 Å². The summed E-state index contributed by atoms with van der Waals surface area (Å²) >= 11 is 0. The average Bonchev–Trinajstić information content (AvgIpc) is 2.83. The molecule has 1 amide bonds. The second kappa shape index (κ2) is 12.9. The van der Waals surface area contributed by atoms with E-state index in [2.05, 4.69) is 17.3 Å². The zero-order valence-corrected chi connectivity index (χ0v) is 19.1. The number of nitrogens with zero attached hydrogens (tertiary/aromatic N) is 1. The summed E-state index contributed by atoms with van der Waals surface area (Å²) in [4.78, 5) is 14.5. The Hall–Kier alpha value is -2.83. The first-order chi connectivity index (χ1) is 15.6. The van der Waals surface area contributed by atoms with Crippen molar-refractivity contribution in [3.05, 3.63) is 65.7 Å². The fourth-order valence-corrected chi connectivity index (χ4v) is 3.62. The quantitative estimate of drug-likeness (QED) is 0.539. The number of hydrogen-bond donors (Lipinski definition) is 1. The van der Waals surface area contributed by atoms with Crippen molar-refractivity contribution < 1.29 is 19.0 Å². The van der Waals surface area contributed by atoms with Gasteiger partial charge in [0.15, 0.2) is 0 Å². The van der Waals surface area contributed by atoms with E-state index in [1.54, 1.807) is 12.2 Å². The van der Waals surface area contributed by atoms with Crippen LogP contribution in [0, 0.1) is 0 Å². The molecule has 0 aliphatic carbocycles. The number of ether oxygens (including phenoxy) is 3. The van der Waals surface area contributed by atoms with Gasteiger partial charge >= 0.3 is 0 Å². The SMILES string of the molecule is CCOc1ccc(/C=C/C(=O)NCc2cccc(OCCN(C)C3CCOCC3)c2)cc1. The topological polar surface area (TPSA) is 60.0 Å². The number of hydrogen-bond acceptors (Lipinski definition) is 5. The van der Waals surface area contributed by atoms with E-state index in [1.165, 1.54) is 0 Å². The number of carbonyl (C=O) groups excluding carboxylic acids is 1. The van der Waals surface area contributed by atoms with E-state index in [4.69, 9.17) is 14.2 Å². The molecule has 32 heavy (non-hydrogen) atoms. The lowest BCUT2D eigenvalue weighted by atomic mass is 10.1. The normalized spacial score (nSPS) is 14.6. The van der Waals surface area contributed by atoms with Crippen molar-refractivity contribution in [1.29, 1.82) is 0 Å². The number of likely N-dealkylation sites (N-methyl/N-ethyl adjacent to an activating group) is 1. The van der Waals surface area contributed by atoms with Crippen molar-refractivity contribution in [2.75, 3.05) is 40.0 Å². The molecule has 0 spiro atoms. The highest BCUT2D eigenvalue weighted by Crippen LogP contribution is 2.16. The zero-order chi connectivity index (χ0) is 22.6. The monoisotopic (exact) mass is 438 g/mol. The van der Waals surface area contributed by atoms with Gasteiger partial charge in [-0.2, -0.15) is 0 Å². The highest BCUT2D eigenvalue weighted by atomic mass is 16.5. The third kappa shape index (κ3) is 8.02. The lowest BCUT2D eigenvalue weighted by Crippen LogP contribution is -2.38. The lowest BCUT2D eigenvalue weighted by molar-refractivity contribution is -0.116. The third-order valence-electron chi connectivity index (χ3n) is 5.51. The Labute approximate surface area is 191 Å². The molecule has 1 fully saturated rings. The van der Waals surface area contributed by atoms with Crippen LogP contribution in [-0.4, -0.2) is 56.9 Å². The summed E-state index contributed by atoms with van der Waals surface area (Å²) in [5, 5.41) is 2.92. The summed E-state index contributed by atoms with van der Waals surface area (Å²) in [6.07, 6.45) is 5.50. The first-order valence-corrected chi connectivity index (χ1v) is 11.3. The van der Waals surface area contributed by atoms with Crippen LogP contribution in [0.1, 0.15) is 30.9 Å². The molecular formula is C26H34N2O4. The van der Waals surface area contributed by atoms with Crippen molar-refractivity contribution in [3.8, 4) is 11.5 Å². The maximum atomic E-state index is 12.2. The van der Waals surface area contributed by atoms with Crippen molar-refractivity contribution in [2.45, 2.75) is 32.4 Å². The molecule has 0 saturated carbocycles. The average molecular weight is 439 g/mol. The lowest BCUT2D eigenvalue weighted by Gasteiger charge is -2.31. The number of nitrogens with one attached hydrogen (secondary N) is 1. The fraction of sp³-hybridized carbons (Fsp3) is 0.423. The van der Waals surface area contributed by atoms with E-state index in [9.17, 15) is 4.79 Å². The minimum Gasteiger partial charge on any atom is -0.494 e. The summed E-state index contributed by atoms with van der Waals surface area (Å²) in [6, 6.07) is 16.1. The van der Waals surface area contributed by atoms with Crippen LogP contribution in [0.25, 0.3) is 6.08 Å². The molecule has 1 saturated heterocycles. The summed E-state index contributed by atoms with van der Waals surface area (Å²) in [5.74, 6) is 1.51. The van der Waals surface area contributed by atoms with Gasteiger partial charge in [-0.25, -0.2) is 0 Å². The molecule has 2 aromatic carbocycles. The first kappa shape index (κ1) is 23.8.